The zero-order valence-corrected chi connectivity index (χ0v) is 12.5. The fourth-order valence-corrected chi connectivity index (χ4v) is 2.64. The molecule has 4 heteroatoms. The highest BCUT2D eigenvalue weighted by molar-refractivity contribution is 6.30. The molecule has 2 rings (SSSR count). The van der Waals surface area contributed by atoms with Gasteiger partial charge in [-0.3, -0.25) is 4.90 Å². The third-order valence-electron chi connectivity index (χ3n) is 3.66. The van der Waals surface area contributed by atoms with Crippen LogP contribution in [0.4, 0.5) is 0 Å². The van der Waals surface area contributed by atoms with Crippen molar-refractivity contribution in [1.29, 1.82) is 0 Å². The van der Waals surface area contributed by atoms with Gasteiger partial charge in [0.05, 0.1) is 12.7 Å². The van der Waals surface area contributed by atoms with E-state index in [1.165, 1.54) is 11.1 Å². The van der Waals surface area contributed by atoms with Crippen LogP contribution in [-0.4, -0.2) is 43.8 Å². The van der Waals surface area contributed by atoms with Crippen molar-refractivity contribution < 1.29 is 4.74 Å². The first kappa shape index (κ1) is 14.8. The molecular formula is C15H23ClN2O. The Bertz CT molecular complexity index is 411. The van der Waals surface area contributed by atoms with Crippen LogP contribution in [0.1, 0.15) is 18.1 Å². The summed E-state index contributed by atoms with van der Waals surface area (Å²) in [7, 11) is 0. The monoisotopic (exact) mass is 282 g/mol. The molecule has 1 saturated heterocycles. The number of hydrogen-bond donors (Lipinski definition) is 1. The molecule has 0 radical (unpaired) electrons. The van der Waals surface area contributed by atoms with E-state index in [2.05, 4.69) is 30.1 Å². The predicted molar refractivity (Wildman–Crippen MR) is 79.7 cm³/mol. The average molecular weight is 283 g/mol. The molecule has 1 heterocycles. The maximum Gasteiger partial charge on any atom is 0.0826 e. The van der Waals surface area contributed by atoms with Gasteiger partial charge in [-0.05, 0) is 36.7 Å². The lowest BCUT2D eigenvalue weighted by Gasteiger charge is -2.32. The van der Waals surface area contributed by atoms with Crippen LogP contribution in [0.5, 0.6) is 0 Å². The van der Waals surface area contributed by atoms with Crippen molar-refractivity contribution in [2.45, 2.75) is 26.5 Å². The molecule has 0 amide bonds. The number of rotatable bonds is 5. The number of nitrogens with one attached hydrogen (secondary N) is 1. The zero-order chi connectivity index (χ0) is 13.7. The van der Waals surface area contributed by atoms with Gasteiger partial charge in [0, 0.05) is 31.2 Å². The van der Waals surface area contributed by atoms with Crippen LogP contribution in [0, 0.1) is 6.92 Å². The molecule has 1 fully saturated rings. The predicted octanol–water partition coefficient (Wildman–Crippen LogP) is 2.46. The summed E-state index contributed by atoms with van der Waals surface area (Å²) in [6.45, 7) is 10.1. The van der Waals surface area contributed by atoms with Crippen LogP contribution in [0.15, 0.2) is 18.2 Å². The maximum atomic E-state index is 5.96. The van der Waals surface area contributed by atoms with E-state index in [4.69, 9.17) is 16.3 Å². The number of nitrogens with zero attached hydrogens (tertiary/aromatic N) is 1. The number of morpholine rings is 1. The van der Waals surface area contributed by atoms with Crippen molar-refractivity contribution in [2.75, 3.05) is 32.8 Å². The van der Waals surface area contributed by atoms with E-state index in [1.807, 2.05) is 12.1 Å². The molecule has 1 aliphatic heterocycles. The van der Waals surface area contributed by atoms with Crippen LogP contribution in [0.2, 0.25) is 5.02 Å². The van der Waals surface area contributed by atoms with Crippen molar-refractivity contribution >= 4 is 11.6 Å². The number of hydrogen-bond acceptors (Lipinski definition) is 3. The molecule has 1 unspecified atom stereocenters. The van der Waals surface area contributed by atoms with Crippen LogP contribution in [0.3, 0.4) is 0 Å². The normalized spacial score (nSPS) is 20.7. The quantitative estimate of drug-likeness (QED) is 0.898. The SMILES string of the molecule is CCN1CCOC(CNCc2ccc(Cl)cc2C)C1. The van der Waals surface area contributed by atoms with Crippen molar-refractivity contribution in [3.63, 3.8) is 0 Å². The van der Waals surface area contributed by atoms with Crippen molar-refractivity contribution in [2.24, 2.45) is 0 Å². The van der Waals surface area contributed by atoms with E-state index in [9.17, 15) is 0 Å². The van der Waals surface area contributed by atoms with Crippen LogP contribution in [0.25, 0.3) is 0 Å². The third-order valence-corrected chi connectivity index (χ3v) is 3.90. The van der Waals surface area contributed by atoms with Gasteiger partial charge in [-0.1, -0.05) is 24.6 Å². The molecular weight excluding hydrogens is 260 g/mol. The lowest BCUT2D eigenvalue weighted by Crippen LogP contribution is -2.46. The summed E-state index contributed by atoms with van der Waals surface area (Å²) in [6, 6.07) is 6.04. The molecule has 1 atom stereocenters. The number of halogens is 1. The number of likely N-dealkylation sites (N-methyl/N-ethyl adjacent to an activating group) is 1. The summed E-state index contributed by atoms with van der Waals surface area (Å²) in [5, 5.41) is 4.28. The summed E-state index contributed by atoms with van der Waals surface area (Å²) in [5.41, 5.74) is 2.53. The Morgan fingerprint density at radius 1 is 1.47 bits per heavy atom. The molecule has 0 saturated carbocycles. The summed E-state index contributed by atoms with van der Waals surface area (Å²) < 4.78 is 5.77. The molecule has 1 aromatic rings. The molecule has 1 aliphatic rings. The second kappa shape index (κ2) is 7.25. The van der Waals surface area contributed by atoms with E-state index in [0.29, 0.717) is 6.10 Å². The van der Waals surface area contributed by atoms with E-state index in [-0.39, 0.29) is 0 Å². The molecule has 0 aliphatic carbocycles. The number of aryl methyl sites for hydroxylation is 1. The van der Waals surface area contributed by atoms with Crippen molar-refractivity contribution in [1.82, 2.24) is 10.2 Å². The molecule has 106 valence electrons. The molecule has 0 bridgehead atoms. The van der Waals surface area contributed by atoms with Gasteiger partial charge in [-0.25, -0.2) is 0 Å². The Hall–Kier alpha value is -0.610. The van der Waals surface area contributed by atoms with E-state index in [0.717, 1.165) is 44.4 Å². The molecule has 1 N–H and O–H groups in total. The first-order valence-corrected chi connectivity index (χ1v) is 7.36. The molecule has 0 aromatic heterocycles. The Morgan fingerprint density at radius 3 is 3.05 bits per heavy atom. The van der Waals surface area contributed by atoms with Gasteiger partial charge < -0.3 is 10.1 Å². The first-order chi connectivity index (χ1) is 9.19. The average Bonchev–Trinajstić information content (AvgIpc) is 2.41. The van der Waals surface area contributed by atoms with Gasteiger partial charge in [0.15, 0.2) is 0 Å². The Morgan fingerprint density at radius 2 is 2.32 bits per heavy atom. The van der Waals surface area contributed by atoms with Gasteiger partial charge in [0.25, 0.3) is 0 Å². The minimum Gasteiger partial charge on any atom is -0.374 e. The minimum atomic E-state index is 0.307. The first-order valence-electron chi connectivity index (χ1n) is 6.98. The highest BCUT2D eigenvalue weighted by Crippen LogP contribution is 2.15. The van der Waals surface area contributed by atoms with Crippen LogP contribution in [-0.2, 0) is 11.3 Å². The van der Waals surface area contributed by atoms with Crippen LogP contribution >= 0.6 is 11.6 Å². The maximum absolute atomic E-state index is 5.96. The third kappa shape index (κ3) is 4.46. The highest BCUT2D eigenvalue weighted by atomic mass is 35.5. The fourth-order valence-electron chi connectivity index (χ4n) is 2.42. The number of benzene rings is 1. The van der Waals surface area contributed by atoms with E-state index < -0.39 is 0 Å². The zero-order valence-electron chi connectivity index (χ0n) is 11.8. The second-order valence-corrected chi connectivity index (χ2v) is 5.52. The molecule has 19 heavy (non-hydrogen) atoms. The summed E-state index contributed by atoms with van der Waals surface area (Å²) >= 11 is 5.96. The Kier molecular flexibility index (Phi) is 5.64. The molecule has 3 nitrogen and oxygen atoms in total. The standard InChI is InChI=1S/C15H23ClN2O/c1-3-18-6-7-19-15(11-18)10-17-9-13-4-5-14(16)8-12(13)2/h4-5,8,15,17H,3,6-7,9-11H2,1-2H3. The van der Waals surface area contributed by atoms with Gasteiger partial charge in [-0.2, -0.15) is 0 Å². The Balaban J connectivity index is 1.76. The fraction of sp³-hybridized carbons (Fsp3) is 0.600. The van der Waals surface area contributed by atoms with Gasteiger partial charge in [-0.15, -0.1) is 0 Å². The van der Waals surface area contributed by atoms with Crippen molar-refractivity contribution in [3.05, 3.63) is 34.3 Å². The lowest BCUT2D eigenvalue weighted by molar-refractivity contribution is -0.0253. The topological polar surface area (TPSA) is 24.5 Å². The molecule has 1 aromatic carbocycles. The summed E-state index contributed by atoms with van der Waals surface area (Å²) in [5.74, 6) is 0. The highest BCUT2D eigenvalue weighted by Gasteiger charge is 2.18. The van der Waals surface area contributed by atoms with Crippen molar-refractivity contribution in [3.8, 4) is 0 Å². The van der Waals surface area contributed by atoms with E-state index in [1.54, 1.807) is 0 Å². The minimum absolute atomic E-state index is 0.307. The molecule has 0 spiro atoms. The van der Waals surface area contributed by atoms with E-state index >= 15 is 0 Å². The van der Waals surface area contributed by atoms with Gasteiger partial charge in [0.1, 0.15) is 0 Å². The largest absolute Gasteiger partial charge is 0.374 e. The van der Waals surface area contributed by atoms with Gasteiger partial charge >= 0.3 is 0 Å². The summed E-state index contributed by atoms with van der Waals surface area (Å²) in [4.78, 5) is 2.43. The van der Waals surface area contributed by atoms with Gasteiger partial charge in [0.2, 0.25) is 0 Å². The lowest BCUT2D eigenvalue weighted by atomic mass is 10.1. The van der Waals surface area contributed by atoms with Crippen LogP contribution < -0.4 is 5.32 Å². The number of ether oxygens (including phenoxy) is 1. The smallest absolute Gasteiger partial charge is 0.0826 e. The Labute approximate surface area is 120 Å². The second-order valence-electron chi connectivity index (χ2n) is 5.09. The summed E-state index contributed by atoms with van der Waals surface area (Å²) in [6.07, 6.45) is 0.307.